The van der Waals surface area contributed by atoms with E-state index >= 15 is 0 Å². The molecule has 0 bridgehead atoms. The minimum Gasteiger partial charge on any atom is -0.337 e. The van der Waals surface area contributed by atoms with E-state index in [0.29, 0.717) is 6.54 Å². The van der Waals surface area contributed by atoms with Crippen LogP contribution in [0, 0.1) is 13.8 Å². The average molecular weight is 340 g/mol. The summed E-state index contributed by atoms with van der Waals surface area (Å²) >= 11 is 1.70. The zero-order valence-corrected chi connectivity index (χ0v) is 15.8. The van der Waals surface area contributed by atoms with E-state index in [0.717, 1.165) is 22.4 Å². The van der Waals surface area contributed by atoms with Crippen LogP contribution in [0.1, 0.15) is 34.0 Å². The molecule has 0 N–H and O–H groups in total. The van der Waals surface area contributed by atoms with Gasteiger partial charge in [-0.15, -0.1) is 11.8 Å². The van der Waals surface area contributed by atoms with E-state index < -0.39 is 0 Å². The van der Waals surface area contributed by atoms with Gasteiger partial charge in [-0.1, -0.05) is 18.2 Å². The smallest absolute Gasteiger partial charge is 0.254 e. The second kappa shape index (κ2) is 8.15. The highest BCUT2D eigenvalue weighted by Gasteiger charge is 2.17. The van der Waals surface area contributed by atoms with Gasteiger partial charge >= 0.3 is 0 Å². The molecule has 0 aliphatic rings. The first kappa shape index (κ1) is 18.3. The van der Waals surface area contributed by atoms with Crippen LogP contribution < -0.4 is 0 Å². The lowest BCUT2D eigenvalue weighted by atomic mass is 10.0. The predicted molar refractivity (Wildman–Crippen MR) is 104 cm³/mol. The van der Waals surface area contributed by atoms with Gasteiger partial charge in [0.25, 0.3) is 5.91 Å². The van der Waals surface area contributed by atoms with E-state index in [4.69, 9.17) is 0 Å². The third-order valence-electron chi connectivity index (χ3n) is 3.99. The summed E-state index contributed by atoms with van der Waals surface area (Å²) in [5, 5.41) is 0. The van der Waals surface area contributed by atoms with Gasteiger partial charge in [0, 0.05) is 30.3 Å². The first-order valence-electron chi connectivity index (χ1n) is 7.95. The number of hydrogen-bond donors (Lipinski definition) is 0. The summed E-state index contributed by atoms with van der Waals surface area (Å²) < 4.78 is 0. The molecular weight excluding hydrogens is 316 g/mol. The van der Waals surface area contributed by atoms with Gasteiger partial charge in [0.05, 0.1) is 5.69 Å². The molecule has 0 radical (unpaired) electrons. The molecule has 0 aliphatic carbocycles. The Balaban J connectivity index is 2.26. The minimum absolute atomic E-state index is 0.0403. The van der Waals surface area contributed by atoms with Crippen LogP contribution in [-0.4, -0.2) is 30.3 Å². The fourth-order valence-electron chi connectivity index (χ4n) is 2.68. The van der Waals surface area contributed by atoms with Gasteiger partial charge in [-0.3, -0.25) is 9.79 Å². The second-order valence-corrected chi connectivity index (χ2v) is 6.66. The van der Waals surface area contributed by atoms with E-state index in [1.807, 2.05) is 52.1 Å². The number of benzene rings is 2. The average Bonchev–Trinajstić information content (AvgIpc) is 2.58. The van der Waals surface area contributed by atoms with Crippen molar-refractivity contribution in [1.82, 2.24) is 4.90 Å². The van der Waals surface area contributed by atoms with Gasteiger partial charge in [-0.25, -0.2) is 0 Å². The highest BCUT2D eigenvalue weighted by molar-refractivity contribution is 7.98. The van der Waals surface area contributed by atoms with E-state index in [2.05, 4.69) is 23.4 Å². The summed E-state index contributed by atoms with van der Waals surface area (Å²) in [6, 6.07) is 12.1. The molecule has 3 nitrogen and oxygen atoms in total. The van der Waals surface area contributed by atoms with Gasteiger partial charge in [0.1, 0.15) is 0 Å². The van der Waals surface area contributed by atoms with Crippen molar-refractivity contribution in [3.63, 3.8) is 0 Å². The number of aliphatic imine (C=N–C) groups is 1. The number of aryl methyl sites for hydroxylation is 2. The summed E-state index contributed by atoms with van der Waals surface area (Å²) in [5.41, 5.74) is 4.80. The lowest BCUT2D eigenvalue weighted by molar-refractivity contribution is 0.0783. The quantitative estimate of drug-likeness (QED) is 0.565. The molecule has 0 atom stereocenters. The monoisotopic (exact) mass is 340 g/mol. The van der Waals surface area contributed by atoms with Crippen molar-refractivity contribution in [1.29, 1.82) is 0 Å². The number of carbonyl (C=O) groups is 1. The van der Waals surface area contributed by atoms with Crippen LogP contribution in [0.3, 0.4) is 0 Å². The lowest BCUT2D eigenvalue weighted by Gasteiger charge is -2.20. The van der Waals surface area contributed by atoms with Crippen molar-refractivity contribution in [3.8, 4) is 0 Å². The zero-order valence-electron chi connectivity index (χ0n) is 15.0. The SMILES string of the molecule is CC=Nc1cc(C)c(C(=O)N(C)Cc2ccccc2SC)cc1C. The topological polar surface area (TPSA) is 32.7 Å². The summed E-state index contributed by atoms with van der Waals surface area (Å²) in [6.07, 6.45) is 3.83. The maximum atomic E-state index is 12.9. The maximum absolute atomic E-state index is 12.9. The van der Waals surface area contributed by atoms with Crippen molar-refractivity contribution in [2.45, 2.75) is 32.2 Å². The van der Waals surface area contributed by atoms with Crippen LogP contribution in [0.5, 0.6) is 0 Å². The summed E-state index contributed by atoms with van der Waals surface area (Å²) in [6.45, 7) is 6.45. The highest BCUT2D eigenvalue weighted by atomic mass is 32.2. The number of carbonyl (C=O) groups excluding carboxylic acids is 1. The van der Waals surface area contributed by atoms with Crippen LogP contribution in [0.4, 0.5) is 5.69 Å². The zero-order chi connectivity index (χ0) is 17.7. The van der Waals surface area contributed by atoms with Gasteiger partial charge in [-0.2, -0.15) is 0 Å². The normalized spacial score (nSPS) is 11.0. The molecule has 0 spiro atoms. The van der Waals surface area contributed by atoms with E-state index in [1.54, 1.807) is 22.9 Å². The van der Waals surface area contributed by atoms with Crippen molar-refractivity contribution < 1.29 is 4.79 Å². The van der Waals surface area contributed by atoms with E-state index in [-0.39, 0.29) is 5.91 Å². The number of rotatable bonds is 5. The van der Waals surface area contributed by atoms with Gasteiger partial charge in [-0.05, 0) is 61.9 Å². The molecule has 0 unspecified atom stereocenters. The summed E-state index contributed by atoms with van der Waals surface area (Å²) in [4.78, 5) is 20.2. The van der Waals surface area contributed by atoms with Crippen LogP contribution in [0.15, 0.2) is 46.3 Å². The Morgan fingerprint density at radius 2 is 1.92 bits per heavy atom. The molecule has 1 amide bonds. The standard InChI is InChI=1S/C20H24N2OS/c1-6-21-18-12-14(2)17(11-15(18)3)20(23)22(4)13-16-9-7-8-10-19(16)24-5/h6-12H,13H2,1-5H3. The Morgan fingerprint density at radius 1 is 1.21 bits per heavy atom. The van der Waals surface area contributed by atoms with Gasteiger partial charge < -0.3 is 4.90 Å². The lowest BCUT2D eigenvalue weighted by Crippen LogP contribution is -2.27. The van der Waals surface area contributed by atoms with Crippen LogP contribution in [0.2, 0.25) is 0 Å². The molecular formula is C20H24N2OS. The van der Waals surface area contributed by atoms with Crippen molar-refractivity contribution >= 4 is 29.6 Å². The molecule has 24 heavy (non-hydrogen) atoms. The summed E-state index contributed by atoms with van der Waals surface area (Å²) in [5.74, 6) is 0.0403. The Morgan fingerprint density at radius 3 is 2.58 bits per heavy atom. The molecule has 2 aromatic carbocycles. The Bertz CT molecular complexity index is 768. The number of thioether (sulfide) groups is 1. The summed E-state index contributed by atoms with van der Waals surface area (Å²) in [7, 11) is 1.85. The van der Waals surface area contributed by atoms with Crippen LogP contribution in [-0.2, 0) is 6.54 Å². The Kier molecular flexibility index (Phi) is 6.21. The van der Waals surface area contributed by atoms with Gasteiger partial charge in [0.15, 0.2) is 0 Å². The van der Waals surface area contributed by atoms with Crippen LogP contribution in [0.25, 0.3) is 0 Å². The third-order valence-corrected chi connectivity index (χ3v) is 4.83. The van der Waals surface area contributed by atoms with E-state index in [9.17, 15) is 4.79 Å². The third kappa shape index (κ3) is 4.06. The Labute approximate surface area is 148 Å². The molecule has 2 rings (SSSR count). The fraction of sp³-hybridized carbons (Fsp3) is 0.300. The minimum atomic E-state index is 0.0403. The largest absolute Gasteiger partial charge is 0.337 e. The van der Waals surface area contributed by atoms with E-state index in [1.165, 1.54) is 10.5 Å². The van der Waals surface area contributed by atoms with Crippen molar-refractivity contribution in [3.05, 3.63) is 58.7 Å². The molecule has 2 aromatic rings. The predicted octanol–water partition coefficient (Wildman–Crippen LogP) is 5.02. The first-order chi connectivity index (χ1) is 11.5. The molecule has 0 heterocycles. The molecule has 4 heteroatoms. The highest BCUT2D eigenvalue weighted by Crippen LogP contribution is 2.25. The molecule has 0 aromatic heterocycles. The molecule has 126 valence electrons. The first-order valence-corrected chi connectivity index (χ1v) is 9.17. The molecule has 0 saturated heterocycles. The number of nitrogens with zero attached hydrogens (tertiary/aromatic N) is 2. The van der Waals surface area contributed by atoms with Gasteiger partial charge in [0.2, 0.25) is 0 Å². The molecule has 0 fully saturated rings. The van der Waals surface area contributed by atoms with Crippen molar-refractivity contribution in [2.24, 2.45) is 4.99 Å². The fourth-order valence-corrected chi connectivity index (χ4v) is 3.29. The van der Waals surface area contributed by atoms with Crippen LogP contribution >= 0.6 is 11.8 Å². The number of amides is 1. The Hall–Kier alpha value is -2.07. The second-order valence-electron chi connectivity index (χ2n) is 5.81. The number of hydrogen-bond acceptors (Lipinski definition) is 3. The molecule has 0 aliphatic heterocycles. The maximum Gasteiger partial charge on any atom is 0.254 e. The molecule has 0 saturated carbocycles. The van der Waals surface area contributed by atoms with Crippen molar-refractivity contribution in [2.75, 3.05) is 13.3 Å².